The van der Waals surface area contributed by atoms with Gasteiger partial charge >= 0.3 is 0 Å². The highest BCUT2D eigenvalue weighted by molar-refractivity contribution is 5.31. The number of nitrogens with zero attached hydrogens (tertiary/aromatic N) is 1. The molecule has 0 bridgehead atoms. The lowest BCUT2D eigenvalue weighted by Crippen LogP contribution is -2.19. The standard InChI is InChI=1S/C16H20N2/c1-12-6-7-14(9-13(12)2)10-16(17-3)15-5-4-8-18-11-15/h4-9,11,16-17H,10H2,1-3H3. The van der Waals surface area contributed by atoms with Crippen molar-refractivity contribution in [2.24, 2.45) is 0 Å². The Morgan fingerprint density at radius 2 is 2.00 bits per heavy atom. The first kappa shape index (κ1) is 12.8. The van der Waals surface area contributed by atoms with Gasteiger partial charge in [0.1, 0.15) is 0 Å². The number of hydrogen-bond donors (Lipinski definition) is 1. The lowest BCUT2D eigenvalue weighted by atomic mass is 9.97. The molecule has 0 spiro atoms. The van der Waals surface area contributed by atoms with Crippen LogP contribution in [0.25, 0.3) is 0 Å². The van der Waals surface area contributed by atoms with E-state index in [4.69, 9.17) is 0 Å². The van der Waals surface area contributed by atoms with E-state index in [0.29, 0.717) is 6.04 Å². The molecule has 2 heteroatoms. The Morgan fingerprint density at radius 3 is 2.61 bits per heavy atom. The van der Waals surface area contributed by atoms with Crippen molar-refractivity contribution in [2.45, 2.75) is 26.3 Å². The Bertz CT molecular complexity index is 506. The van der Waals surface area contributed by atoms with Crippen LogP contribution in [0.3, 0.4) is 0 Å². The van der Waals surface area contributed by atoms with Gasteiger partial charge in [-0.15, -0.1) is 0 Å². The van der Waals surface area contributed by atoms with Crippen molar-refractivity contribution in [1.29, 1.82) is 0 Å². The third-order valence-corrected chi connectivity index (χ3v) is 3.45. The van der Waals surface area contributed by atoms with Gasteiger partial charge in [-0.25, -0.2) is 0 Å². The summed E-state index contributed by atoms with van der Waals surface area (Å²) in [7, 11) is 2.00. The SMILES string of the molecule is CNC(Cc1ccc(C)c(C)c1)c1cccnc1. The highest BCUT2D eigenvalue weighted by atomic mass is 14.9. The minimum Gasteiger partial charge on any atom is -0.313 e. The van der Waals surface area contributed by atoms with Crippen molar-refractivity contribution in [1.82, 2.24) is 10.3 Å². The molecule has 18 heavy (non-hydrogen) atoms. The lowest BCUT2D eigenvalue weighted by Gasteiger charge is -2.17. The molecule has 0 saturated carbocycles. The molecule has 0 aliphatic rings. The Labute approximate surface area is 109 Å². The molecule has 0 saturated heterocycles. The van der Waals surface area contributed by atoms with E-state index in [1.54, 1.807) is 0 Å². The van der Waals surface area contributed by atoms with E-state index in [1.807, 2.05) is 25.5 Å². The fourth-order valence-corrected chi connectivity index (χ4v) is 2.13. The first-order chi connectivity index (χ1) is 8.70. The molecule has 1 heterocycles. The van der Waals surface area contributed by atoms with E-state index in [9.17, 15) is 0 Å². The van der Waals surface area contributed by atoms with Gasteiger partial charge < -0.3 is 5.32 Å². The molecule has 0 aliphatic carbocycles. The van der Waals surface area contributed by atoms with Gasteiger partial charge in [0.25, 0.3) is 0 Å². The van der Waals surface area contributed by atoms with Gasteiger partial charge in [-0.2, -0.15) is 0 Å². The number of likely N-dealkylation sites (N-methyl/N-ethyl adjacent to an activating group) is 1. The predicted octanol–water partition coefficient (Wildman–Crippen LogP) is 3.20. The molecule has 1 N–H and O–H groups in total. The molecule has 1 unspecified atom stereocenters. The van der Waals surface area contributed by atoms with Crippen LogP contribution in [0, 0.1) is 13.8 Å². The molecule has 0 fully saturated rings. The maximum atomic E-state index is 4.19. The van der Waals surface area contributed by atoms with Crippen molar-refractivity contribution in [3.05, 3.63) is 65.0 Å². The fraction of sp³-hybridized carbons (Fsp3) is 0.312. The van der Waals surface area contributed by atoms with Crippen LogP contribution in [0.5, 0.6) is 0 Å². The topological polar surface area (TPSA) is 24.9 Å². The number of benzene rings is 1. The Morgan fingerprint density at radius 1 is 1.17 bits per heavy atom. The second kappa shape index (κ2) is 5.78. The van der Waals surface area contributed by atoms with Crippen LogP contribution in [0.15, 0.2) is 42.7 Å². The molecule has 1 atom stereocenters. The maximum absolute atomic E-state index is 4.19. The van der Waals surface area contributed by atoms with Crippen LogP contribution in [0.1, 0.15) is 28.3 Å². The van der Waals surface area contributed by atoms with E-state index in [1.165, 1.54) is 22.3 Å². The summed E-state index contributed by atoms with van der Waals surface area (Å²) in [5.41, 5.74) is 5.30. The molecular weight excluding hydrogens is 220 g/mol. The zero-order chi connectivity index (χ0) is 13.0. The molecule has 0 aliphatic heterocycles. The lowest BCUT2D eigenvalue weighted by molar-refractivity contribution is 0.590. The summed E-state index contributed by atoms with van der Waals surface area (Å²) >= 11 is 0. The molecule has 2 nitrogen and oxygen atoms in total. The van der Waals surface area contributed by atoms with Gasteiger partial charge in [0.05, 0.1) is 0 Å². The summed E-state index contributed by atoms with van der Waals surface area (Å²) in [5.74, 6) is 0. The van der Waals surface area contributed by atoms with Gasteiger partial charge in [0.15, 0.2) is 0 Å². The van der Waals surface area contributed by atoms with Crippen molar-refractivity contribution < 1.29 is 0 Å². The number of rotatable bonds is 4. The number of aromatic nitrogens is 1. The average molecular weight is 240 g/mol. The highest BCUT2D eigenvalue weighted by Gasteiger charge is 2.10. The number of aryl methyl sites for hydroxylation is 2. The highest BCUT2D eigenvalue weighted by Crippen LogP contribution is 2.19. The van der Waals surface area contributed by atoms with Gasteiger partial charge in [-0.05, 0) is 55.6 Å². The van der Waals surface area contributed by atoms with E-state index in [0.717, 1.165) is 6.42 Å². The Kier molecular flexibility index (Phi) is 4.11. The average Bonchev–Trinajstić information content (AvgIpc) is 2.41. The Balaban J connectivity index is 2.18. The fourth-order valence-electron chi connectivity index (χ4n) is 2.13. The van der Waals surface area contributed by atoms with Crippen molar-refractivity contribution in [2.75, 3.05) is 7.05 Å². The van der Waals surface area contributed by atoms with E-state index >= 15 is 0 Å². The summed E-state index contributed by atoms with van der Waals surface area (Å²) in [6.45, 7) is 4.31. The smallest absolute Gasteiger partial charge is 0.0373 e. The largest absolute Gasteiger partial charge is 0.313 e. The first-order valence-electron chi connectivity index (χ1n) is 6.34. The summed E-state index contributed by atoms with van der Waals surface area (Å²) in [5, 5.41) is 3.36. The predicted molar refractivity (Wildman–Crippen MR) is 75.7 cm³/mol. The van der Waals surface area contributed by atoms with Crippen molar-refractivity contribution >= 4 is 0 Å². The summed E-state index contributed by atoms with van der Waals surface area (Å²) in [4.78, 5) is 4.19. The zero-order valence-electron chi connectivity index (χ0n) is 11.3. The number of pyridine rings is 1. The summed E-state index contributed by atoms with van der Waals surface area (Å²) in [6.07, 6.45) is 4.73. The van der Waals surface area contributed by atoms with Crippen LogP contribution in [0.4, 0.5) is 0 Å². The molecule has 0 amide bonds. The minimum atomic E-state index is 0.320. The van der Waals surface area contributed by atoms with Crippen molar-refractivity contribution in [3.8, 4) is 0 Å². The number of nitrogens with one attached hydrogen (secondary N) is 1. The summed E-state index contributed by atoms with van der Waals surface area (Å²) < 4.78 is 0. The molecule has 94 valence electrons. The molecule has 2 rings (SSSR count). The van der Waals surface area contributed by atoms with Crippen LogP contribution in [-0.4, -0.2) is 12.0 Å². The minimum absolute atomic E-state index is 0.320. The van der Waals surface area contributed by atoms with E-state index in [2.05, 4.69) is 48.4 Å². The first-order valence-corrected chi connectivity index (χ1v) is 6.34. The van der Waals surface area contributed by atoms with Gasteiger partial charge in [0.2, 0.25) is 0 Å². The monoisotopic (exact) mass is 240 g/mol. The normalized spacial score (nSPS) is 12.4. The number of hydrogen-bond acceptors (Lipinski definition) is 2. The maximum Gasteiger partial charge on any atom is 0.0373 e. The third-order valence-electron chi connectivity index (χ3n) is 3.45. The van der Waals surface area contributed by atoms with E-state index < -0.39 is 0 Å². The van der Waals surface area contributed by atoms with Gasteiger partial charge in [0, 0.05) is 18.4 Å². The van der Waals surface area contributed by atoms with Crippen LogP contribution in [0.2, 0.25) is 0 Å². The zero-order valence-corrected chi connectivity index (χ0v) is 11.3. The van der Waals surface area contributed by atoms with E-state index in [-0.39, 0.29) is 0 Å². The summed E-state index contributed by atoms with van der Waals surface area (Å²) in [6, 6.07) is 11.1. The second-order valence-electron chi connectivity index (χ2n) is 4.75. The van der Waals surface area contributed by atoms with Crippen LogP contribution >= 0.6 is 0 Å². The van der Waals surface area contributed by atoms with Gasteiger partial charge in [-0.1, -0.05) is 24.3 Å². The van der Waals surface area contributed by atoms with Crippen LogP contribution < -0.4 is 5.32 Å². The quantitative estimate of drug-likeness (QED) is 0.887. The molecule has 2 aromatic rings. The second-order valence-corrected chi connectivity index (χ2v) is 4.75. The van der Waals surface area contributed by atoms with Crippen LogP contribution in [-0.2, 0) is 6.42 Å². The Hall–Kier alpha value is -1.67. The molecule has 0 radical (unpaired) electrons. The molecule has 1 aromatic heterocycles. The van der Waals surface area contributed by atoms with Crippen molar-refractivity contribution in [3.63, 3.8) is 0 Å². The molecular formula is C16H20N2. The van der Waals surface area contributed by atoms with Gasteiger partial charge in [-0.3, -0.25) is 4.98 Å². The molecule has 1 aromatic carbocycles. The third kappa shape index (κ3) is 2.96.